The Labute approximate surface area is 132 Å². The van der Waals surface area contributed by atoms with Gasteiger partial charge in [0.05, 0.1) is 19.8 Å². The highest BCUT2D eigenvalue weighted by atomic mass is 32.2. The summed E-state index contributed by atoms with van der Waals surface area (Å²) in [5.74, 6) is -1.07. The Morgan fingerprint density at radius 1 is 1.50 bits per heavy atom. The number of carbonyl (C=O) groups is 1. The molecule has 0 aromatic heterocycles. The van der Waals surface area contributed by atoms with Gasteiger partial charge < -0.3 is 19.9 Å². The lowest BCUT2D eigenvalue weighted by molar-refractivity contribution is -0.815. The number of thioether (sulfide) groups is 1. The van der Waals surface area contributed by atoms with Gasteiger partial charge in [0.15, 0.2) is 0 Å². The minimum atomic E-state index is -0.843. The molecule has 2 rings (SSSR count). The van der Waals surface area contributed by atoms with Crippen LogP contribution in [0.5, 0.6) is 0 Å². The van der Waals surface area contributed by atoms with Crippen LogP contribution in [0.1, 0.15) is 0 Å². The van der Waals surface area contributed by atoms with Crippen LogP contribution in [0.2, 0.25) is 0 Å². The second-order valence-corrected chi connectivity index (χ2v) is 5.79. The number of anilines is 1. The molecule has 0 fully saturated rings. The van der Waals surface area contributed by atoms with E-state index in [4.69, 9.17) is 0 Å². The fourth-order valence-corrected chi connectivity index (χ4v) is 2.53. The van der Waals surface area contributed by atoms with Crippen LogP contribution in [0.3, 0.4) is 0 Å². The number of nitrogens with zero attached hydrogens (tertiary/aromatic N) is 1. The molecule has 22 heavy (non-hydrogen) atoms. The summed E-state index contributed by atoms with van der Waals surface area (Å²) >= 11 is 1.42. The number of ether oxygens (including phenoxy) is 1. The number of esters is 1. The number of methoxy groups -OCH3 is 1. The Bertz CT molecular complexity index is 656. The third kappa shape index (κ3) is 3.32. The van der Waals surface area contributed by atoms with E-state index in [1.54, 1.807) is 18.2 Å². The minimum Gasteiger partial charge on any atom is -0.626 e. The summed E-state index contributed by atoms with van der Waals surface area (Å²) in [6.45, 7) is 0.146. The Balaban J connectivity index is 2.44. The topological polar surface area (TPSA) is 61.4 Å². The van der Waals surface area contributed by atoms with E-state index in [9.17, 15) is 14.4 Å². The first-order valence-corrected chi connectivity index (χ1v) is 7.78. The Kier molecular flexibility index (Phi) is 4.90. The Morgan fingerprint density at radius 2 is 2.23 bits per heavy atom. The molecule has 1 atom stereocenters. The zero-order chi connectivity index (χ0) is 16.3. The van der Waals surface area contributed by atoms with Crippen molar-refractivity contribution in [3.05, 3.63) is 52.8 Å². The maximum absolute atomic E-state index is 14.1. The van der Waals surface area contributed by atoms with E-state index < -0.39 is 16.4 Å². The van der Waals surface area contributed by atoms with Gasteiger partial charge in [-0.25, -0.2) is 9.18 Å². The number of hydroxylamine groups is 3. The fraction of sp³-hybridized carbons (Fsp3) is 0.267. The van der Waals surface area contributed by atoms with E-state index in [1.165, 1.54) is 38.1 Å². The number of benzene rings is 1. The van der Waals surface area contributed by atoms with Crippen LogP contribution < -0.4 is 5.32 Å². The molecule has 1 N–H and O–H groups in total. The summed E-state index contributed by atoms with van der Waals surface area (Å²) in [4.78, 5) is 12.6. The van der Waals surface area contributed by atoms with Crippen molar-refractivity contribution >= 4 is 23.4 Å². The van der Waals surface area contributed by atoms with E-state index in [2.05, 4.69) is 10.1 Å². The van der Waals surface area contributed by atoms with E-state index in [0.717, 1.165) is 4.90 Å². The lowest BCUT2D eigenvalue weighted by atomic mass is 10.1. The second-order valence-electron chi connectivity index (χ2n) is 4.91. The predicted octanol–water partition coefficient (Wildman–Crippen LogP) is 2.86. The van der Waals surface area contributed by atoms with E-state index in [0.29, 0.717) is 0 Å². The van der Waals surface area contributed by atoms with Crippen molar-refractivity contribution in [2.45, 2.75) is 4.90 Å². The number of quaternary nitrogens is 1. The minimum absolute atomic E-state index is 0.0603. The van der Waals surface area contributed by atoms with Gasteiger partial charge in [-0.2, -0.15) is 0 Å². The van der Waals surface area contributed by atoms with E-state index in [-0.39, 0.29) is 23.6 Å². The molecule has 1 aromatic rings. The summed E-state index contributed by atoms with van der Waals surface area (Å²) in [6, 6.07) is 4.66. The van der Waals surface area contributed by atoms with Crippen molar-refractivity contribution in [3.63, 3.8) is 0 Å². The third-order valence-electron chi connectivity index (χ3n) is 3.30. The molecule has 1 heterocycles. The highest BCUT2D eigenvalue weighted by Crippen LogP contribution is 2.28. The number of carbonyl (C=O) groups excluding carboxylic acids is 1. The number of likely N-dealkylation sites (N-methyl/N-ethyl adjacent to an activating group) is 1. The molecule has 118 valence electrons. The quantitative estimate of drug-likeness (QED) is 0.399. The van der Waals surface area contributed by atoms with Gasteiger partial charge in [0.25, 0.3) is 0 Å². The summed E-state index contributed by atoms with van der Waals surface area (Å²) in [7, 11) is 2.63. The van der Waals surface area contributed by atoms with Gasteiger partial charge in [-0.15, -0.1) is 11.8 Å². The van der Waals surface area contributed by atoms with Gasteiger partial charge in [0, 0.05) is 4.90 Å². The molecule has 0 saturated heterocycles. The number of halogens is 1. The molecule has 0 aliphatic carbocycles. The van der Waals surface area contributed by atoms with Crippen molar-refractivity contribution in [3.8, 4) is 0 Å². The van der Waals surface area contributed by atoms with Gasteiger partial charge in [-0.05, 0) is 36.6 Å². The normalized spacial score (nSPS) is 21.0. The third-order valence-corrected chi connectivity index (χ3v) is 4.03. The molecule has 1 aliphatic rings. The lowest BCUT2D eigenvalue weighted by Gasteiger charge is -2.41. The van der Waals surface area contributed by atoms with Gasteiger partial charge in [0.1, 0.15) is 17.9 Å². The van der Waals surface area contributed by atoms with Crippen LogP contribution in [-0.2, 0) is 9.53 Å². The van der Waals surface area contributed by atoms with E-state index >= 15 is 0 Å². The zero-order valence-corrected chi connectivity index (χ0v) is 13.4. The first-order chi connectivity index (χ1) is 10.4. The molecular formula is C15H17FN2O3S. The van der Waals surface area contributed by atoms with Crippen LogP contribution in [0.4, 0.5) is 10.1 Å². The highest BCUT2D eigenvalue weighted by Gasteiger charge is 2.29. The number of hydrogen-bond acceptors (Lipinski definition) is 5. The molecule has 0 radical (unpaired) electrons. The second kappa shape index (κ2) is 6.51. The largest absolute Gasteiger partial charge is 0.626 e. The molecule has 5 nitrogen and oxygen atoms in total. The van der Waals surface area contributed by atoms with Crippen LogP contribution in [0.25, 0.3) is 0 Å². The Hall–Kier alpha value is -1.83. The van der Waals surface area contributed by atoms with Crippen molar-refractivity contribution in [2.24, 2.45) is 0 Å². The molecular weight excluding hydrogens is 307 g/mol. The molecule has 0 spiro atoms. The SMILES string of the molecule is COC(=O)C1=C(Nc2ccc(SC)cc2F)[N+](C)([O-])CC=C1. The van der Waals surface area contributed by atoms with Crippen LogP contribution in [-0.4, -0.2) is 37.6 Å². The van der Waals surface area contributed by atoms with E-state index in [1.807, 2.05) is 6.26 Å². The molecule has 0 saturated carbocycles. The van der Waals surface area contributed by atoms with Gasteiger partial charge >= 0.3 is 5.97 Å². The summed E-state index contributed by atoms with van der Waals surface area (Å²) in [5.41, 5.74) is 0.240. The highest BCUT2D eigenvalue weighted by molar-refractivity contribution is 7.98. The summed E-state index contributed by atoms with van der Waals surface area (Å²) < 4.78 is 18.0. The summed E-state index contributed by atoms with van der Waals surface area (Å²) in [5, 5.41) is 15.3. The van der Waals surface area contributed by atoms with Gasteiger partial charge in [-0.3, -0.25) is 0 Å². The molecule has 1 aliphatic heterocycles. The maximum Gasteiger partial charge on any atom is 0.345 e. The van der Waals surface area contributed by atoms with Gasteiger partial charge in [-0.1, -0.05) is 0 Å². The molecule has 7 heteroatoms. The average molecular weight is 324 g/mol. The van der Waals surface area contributed by atoms with Gasteiger partial charge in [0.2, 0.25) is 5.82 Å². The van der Waals surface area contributed by atoms with Crippen molar-refractivity contribution < 1.29 is 18.6 Å². The smallest absolute Gasteiger partial charge is 0.345 e. The molecule has 0 bridgehead atoms. The maximum atomic E-state index is 14.1. The zero-order valence-electron chi connectivity index (χ0n) is 12.6. The number of rotatable bonds is 4. The first-order valence-electron chi connectivity index (χ1n) is 6.56. The van der Waals surface area contributed by atoms with Crippen LogP contribution in [0, 0.1) is 11.0 Å². The lowest BCUT2D eigenvalue weighted by Crippen LogP contribution is -2.43. The van der Waals surface area contributed by atoms with Crippen molar-refractivity contribution in [1.29, 1.82) is 0 Å². The fourth-order valence-electron chi connectivity index (χ4n) is 2.11. The summed E-state index contributed by atoms with van der Waals surface area (Å²) in [6.07, 6.45) is 4.95. The molecule has 0 amide bonds. The predicted molar refractivity (Wildman–Crippen MR) is 84.4 cm³/mol. The van der Waals surface area contributed by atoms with Crippen LogP contribution >= 0.6 is 11.8 Å². The number of hydrogen-bond donors (Lipinski definition) is 1. The molecule has 1 aromatic carbocycles. The standard InChI is InChI=1S/C15H17FN2O3S/c1-18(20)8-4-5-11(15(19)21-2)14(18)17-13-7-6-10(22-3)9-12(13)16/h4-7,9,17H,8H2,1-3H3. The first kappa shape index (κ1) is 16.5. The van der Waals surface area contributed by atoms with Crippen molar-refractivity contribution in [2.75, 3.05) is 32.3 Å². The van der Waals surface area contributed by atoms with Crippen LogP contribution in [0.15, 0.2) is 46.6 Å². The Morgan fingerprint density at radius 3 is 2.82 bits per heavy atom. The monoisotopic (exact) mass is 324 g/mol. The van der Waals surface area contributed by atoms with Crippen molar-refractivity contribution in [1.82, 2.24) is 0 Å². The molecule has 1 unspecified atom stereocenters. The average Bonchev–Trinajstić information content (AvgIpc) is 2.49. The number of nitrogens with one attached hydrogen (secondary N) is 1.